The average molecular weight is 443 g/mol. The summed E-state index contributed by atoms with van der Waals surface area (Å²) < 4.78 is 24.8. The van der Waals surface area contributed by atoms with Gasteiger partial charge in [0.05, 0.1) is 41.2 Å². The smallest absolute Gasteiger partial charge is 0.354 e. The number of halogens is 1. The first-order chi connectivity index (χ1) is 13.4. The molecule has 3 unspecified atom stereocenters. The van der Waals surface area contributed by atoms with Crippen molar-refractivity contribution >= 4 is 46.2 Å². The Morgan fingerprint density at radius 2 is 2.36 bits per heavy atom. The van der Waals surface area contributed by atoms with Crippen LogP contribution in [0.2, 0.25) is 5.02 Å². The fourth-order valence-corrected chi connectivity index (χ4v) is 6.65. The summed E-state index contributed by atoms with van der Waals surface area (Å²) in [6.45, 7) is 0.510. The van der Waals surface area contributed by atoms with E-state index in [1.54, 1.807) is 25.2 Å². The van der Waals surface area contributed by atoms with E-state index in [1.165, 1.54) is 22.8 Å². The Kier molecular flexibility index (Phi) is 5.09. The normalized spacial score (nSPS) is 27.3. The van der Waals surface area contributed by atoms with Crippen LogP contribution >= 0.6 is 22.9 Å². The lowest BCUT2D eigenvalue weighted by Crippen LogP contribution is -2.69. The Morgan fingerprint density at radius 3 is 3.11 bits per heavy atom. The molecule has 0 radical (unpaired) electrons. The molecule has 2 saturated heterocycles. The Labute approximate surface area is 174 Å². The Bertz CT molecular complexity index is 932. The molecule has 11 heteroatoms. The van der Waals surface area contributed by atoms with Crippen molar-refractivity contribution in [1.82, 2.24) is 14.6 Å². The van der Waals surface area contributed by atoms with Gasteiger partial charge < -0.3 is 24.3 Å². The summed E-state index contributed by atoms with van der Waals surface area (Å²) in [5, 5.41) is 11.9. The highest BCUT2D eigenvalue weighted by atomic mass is 35.5. The van der Waals surface area contributed by atoms with E-state index in [9.17, 15) is 9.35 Å². The maximum absolute atomic E-state index is 12.9. The average Bonchev–Trinajstić information content (AvgIpc) is 3.32. The topological polar surface area (TPSA) is 114 Å². The zero-order chi connectivity index (χ0) is 20.1. The van der Waals surface area contributed by atoms with Gasteiger partial charge in [0.2, 0.25) is 5.96 Å². The fraction of sp³-hybridized carbons (Fsp3) is 0.412. The third-order valence-electron chi connectivity index (χ3n) is 4.95. The highest BCUT2D eigenvalue weighted by Gasteiger charge is 2.58. The second-order valence-corrected chi connectivity index (χ2v) is 9.58. The van der Waals surface area contributed by atoms with Crippen LogP contribution in [-0.2, 0) is 26.4 Å². The van der Waals surface area contributed by atoms with Crippen molar-refractivity contribution in [3.8, 4) is 10.6 Å². The van der Waals surface area contributed by atoms with E-state index in [1.807, 2.05) is 0 Å². The number of nitrogens with one attached hydrogen (secondary N) is 3. The van der Waals surface area contributed by atoms with Crippen LogP contribution in [0.25, 0.3) is 10.6 Å². The fourth-order valence-electron chi connectivity index (χ4n) is 3.53. The summed E-state index contributed by atoms with van der Waals surface area (Å²) in [5.74, 6) is -0.381. The van der Waals surface area contributed by atoms with Crippen molar-refractivity contribution in [1.29, 1.82) is 5.41 Å². The maximum Gasteiger partial charge on any atom is 0.354 e. The van der Waals surface area contributed by atoms with Crippen LogP contribution < -0.4 is 5.32 Å². The summed E-state index contributed by atoms with van der Waals surface area (Å²) in [4.78, 5) is 16.3. The van der Waals surface area contributed by atoms with Gasteiger partial charge in [0, 0.05) is 0 Å². The van der Waals surface area contributed by atoms with Crippen LogP contribution in [0, 0.1) is 5.41 Å². The maximum atomic E-state index is 12.9. The van der Waals surface area contributed by atoms with Crippen molar-refractivity contribution in [2.75, 3.05) is 20.8 Å². The highest BCUT2D eigenvalue weighted by molar-refractivity contribution is 7.90. The number of guanidine groups is 1. The largest absolute Gasteiger partial charge is 0.591 e. The summed E-state index contributed by atoms with van der Waals surface area (Å²) in [7, 11) is 2.92. The number of methoxy groups -OCH3 is 1. The molecular formula is C17H19ClN4O4S2. The van der Waals surface area contributed by atoms with Crippen LogP contribution in [-0.4, -0.2) is 52.0 Å². The monoisotopic (exact) mass is 442 g/mol. The molecule has 0 saturated carbocycles. The molecule has 8 nitrogen and oxygen atoms in total. The lowest BCUT2D eigenvalue weighted by molar-refractivity contribution is -0.00912. The van der Waals surface area contributed by atoms with Gasteiger partial charge in [-0.3, -0.25) is 5.41 Å². The molecule has 2 fully saturated rings. The van der Waals surface area contributed by atoms with E-state index in [0.29, 0.717) is 23.7 Å². The molecule has 0 amide bonds. The van der Waals surface area contributed by atoms with Crippen molar-refractivity contribution in [2.45, 2.75) is 23.8 Å². The summed E-state index contributed by atoms with van der Waals surface area (Å²) in [5.41, 5.74) is -0.392. The number of ether oxygens (including phenoxy) is 2. The minimum atomic E-state index is -1.52. The molecule has 0 spiro atoms. The molecule has 2 aromatic rings. The van der Waals surface area contributed by atoms with Crippen LogP contribution in [0.1, 0.15) is 28.2 Å². The van der Waals surface area contributed by atoms with E-state index in [2.05, 4.69) is 10.3 Å². The predicted molar refractivity (Wildman–Crippen MR) is 108 cm³/mol. The Balaban J connectivity index is 1.75. The zero-order valence-corrected chi connectivity index (χ0v) is 17.6. The van der Waals surface area contributed by atoms with Crippen molar-refractivity contribution in [3.63, 3.8) is 0 Å². The first-order valence-corrected chi connectivity index (χ1v) is 10.9. The van der Waals surface area contributed by atoms with Crippen molar-refractivity contribution < 1.29 is 18.8 Å². The lowest BCUT2D eigenvalue weighted by atomic mass is 9.90. The number of rotatable bonds is 3. The number of aromatic nitrogens is 1. The minimum absolute atomic E-state index is 0.0685. The molecule has 2 aliphatic heterocycles. The molecule has 150 valence electrons. The van der Waals surface area contributed by atoms with Gasteiger partial charge >= 0.3 is 5.97 Å². The van der Waals surface area contributed by atoms with Gasteiger partial charge in [-0.2, -0.15) is 4.31 Å². The van der Waals surface area contributed by atoms with E-state index in [4.69, 9.17) is 26.5 Å². The van der Waals surface area contributed by atoms with Gasteiger partial charge in [-0.05, 0) is 31.0 Å². The van der Waals surface area contributed by atoms with E-state index < -0.39 is 28.3 Å². The standard InChI is InChI=1S/C17H19ClN4O4S2/c1-22-16(19)21-17(6-3-7-26-15(17)28(22)24)13-9(18)8-12(27-13)10-4-5-11(20-10)14(23)25-2/h4-5,8,15,20H,3,6-7H2,1-2H3,(H2,19,21). The summed E-state index contributed by atoms with van der Waals surface area (Å²) >= 11 is 6.51. The SMILES string of the molecule is COC(=O)c1ccc(-c2cc(Cl)c(C34CCCOC3[S+]([O-])N(C)C(=N)N4)s2)[nH]1. The predicted octanol–water partition coefficient (Wildman–Crippen LogP) is 2.65. The molecule has 0 aliphatic carbocycles. The first kappa shape index (κ1) is 19.6. The number of fused-ring (bicyclic) bond motifs is 1. The Morgan fingerprint density at radius 1 is 1.57 bits per heavy atom. The van der Waals surface area contributed by atoms with Gasteiger partial charge in [0.1, 0.15) is 17.1 Å². The second-order valence-electron chi connectivity index (χ2n) is 6.59. The molecule has 3 atom stereocenters. The van der Waals surface area contributed by atoms with Gasteiger partial charge in [-0.1, -0.05) is 11.6 Å². The number of hydrogen-bond donors (Lipinski definition) is 3. The number of thiophene rings is 1. The van der Waals surface area contributed by atoms with Gasteiger partial charge in [-0.25, -0.2) is 4.79 Å². The first-order valence-electron chi connectivity index (χ1n) is 8.57. The number of carbonyl (C=O) groups excluding carboxylic acids is 1. The third kappa shape index (κ3) is 3.00. The quantitative estimate of drug-likeness (QED) is 0.497. The number of esters is 1. The van der Waals surface area contributed by atoms with Gasteiger partial charge in [-0.15, -0.1) is 11.3 Å². The zero-order valence-electron chi connectivity index (χ0n) is 15.2. The lowest BCUT2D eigenvalue weighted by Gasteiger charge is -2.48. The molecule has 2 aliphatic rings. The van der Waals surface area contributed by atoms with E-state index >= 15 is 0 Å². The summed E-state index contributed by atoms with van der Waals surface area (Å²) in [6, 6.07) is 5.24. The van der Waals surface area contributed by atoms with Crippen LogP contribution in [0.3, 0.4) is 0 Å². The molecular weight excluding hydrogens is 424 g/mol. The van der Waals surface area contributed by atoms with Crippen molar-refractivity contribution in [3.05, 3.63) is 33.8 Å². The molecule has 4 rings (SSSR count). The highest BCUT2D eigenvalue weighted by Crippen LogP contribution is 2.48. The van der Waals surface area contributed by atoms with E-state index in [0.717, 1.165) is 21.9 Å². The Hall–Kier alpha value is -1.72. The third-order valence-corrected chi connectivity index (χ3v) is 8.33. The van der Waals surface area contributed by atoms with Gasteiger partial charge in [0.15, 0.2) is 5.54 Å². The molecule has 0 aromatic carbocycles. The minimum Gasteiger partial charge on any atom is -0.591 e. The number of nitrogens with zero attached hydrogens (tertiary/aromatic N) is 1. The van der Waals surface area contributed by atoms with Gasteiger partial charge in [0.25, 0.3) is 5.44 Å². The molecule has 4 heterocycles. The molecule has 3 N–H and O–H groups in total. The van der Waals surface area contributed by atoms with Crippen LogP contribution in [0.15, 0.2) is 18.2 Å². The molecule has 2 aromatic heterocycles. The van der Waals surface area contributed by atoms with Crippen LogP contribution in [0.5, 0.6) is 0 Å². The number of hydrogen-bond acceptors (Lipinski definition) is 6. The summed E-state index contributed by atoms with van der Waals surface area (Å²) in [6.07, 6.45) is 1.41. The van der Waals surface area contributed by atoms with E-state index in [-0.39, 0.29) is 5.96 Å². The number of H-pyrrole nitrogens is 1. The molecule has 0 bridgehead atoms. The van der Waals surface area contributed by atoms with Crippen LogP contribution in [0.4, 0.5) is 0 Å². The molecule has 28 heavy (non-hydrogen) atoms. The number of carbonyl (C=O) groups is 1. The van der Waals surface area contributed by atoms with Crippen molar-refractivity contribution in [2.24, 2.45) is 0 Å². The second kappa shape index (κ2) is 7.27. The number of aromatic amines is 1.